The second-order valence-corrected chi connectivity index (χ2v) is 8.03. The second-order valence-electron chi connectivity index (χ2n) is 8.03. The lowest BCUT2D eigenvalue weighted by molar-refractivity contribution is -0.137. The van der Waals surface area contributed by atoms with Crippen molar-refractivity contribution in [3.63, 3.8) is 0 Å². The highest BCUT2D eigenvalue weighted by Gasteiger charge is 2.38. The van der Waals surface area contributed by atoms with Crippen LogP contribution in [0, 0.1) is 5.82 Å². The molecule has 4 rings (SSSR count). The third kappa shape index (κ3) is 4.10. The van der Waals surface area contributed by atoms with E-state index < -0.39 is 0 Å². The van der Waals surface area contributed by atoms with Crippen molar-refractivity contribution in [2.75, 3.05) is 19.6 Å². The molecule has 2 fully saturated rings. The number of nitrogens with zero attached hydrogens (tertiary/aromatic N) is 2. The van der Waals surface area contributed by atoms with Crippen LogP contribution in [0.25, 0.3) is 0 Å². The summed E-state index contributed by atoms with van der Waals surface area (Å²) in [4.78, 5) is 17.6. The van der Waals surface area contributed by atoms with E-state index in [1.54, 1.807) is 0 Å². The van der Waals surface area contributed by atoms with Crippen molar-refractivity contribution in [3.05, 3.63) is 71.5 Å². The van der Waals surface area contributed by atoms with E-state index in [-0.39, 0.29) is 29.7 Å². The first-order valence-corrected chi connectivity index (χ1v) is 10.2. The molecule has 2 aromatic rings. The molecule has 0 radical (unpaired) electrons. The highest BCUT2D eigenvalue weighted by Crippen LogP contribution is 2.29. The van der Waals surface area contributed by atoms with Crippen LogP contribution in [0.2, 0.25) is 0 Å². The minimum Gasteiger partial charge on any atom is -0.339 e. The Labute approximate surface area is 166 Å². The van der Waals surface area contributed by atoms with E-state index in [0.29, 0.717) is 19.6 Å². The highest BCUT2D eigenvalue weighted by molar-refractivity contribution is 5.82. The number of carbonyl (C=O) groups excluding carboxylic acids is 1. The van der Waals surface area contributed by atoms with Crippen LogP contribution in [0.15, 0.2) is 54.6 Å². The fourth-order valence-electron chi connectivity index (χ4n) is 4.56. The molecule has 2 N–H and O–H groups in total. The molecule has 1 amide bonds. The molecule has 0 spiro atoms. The monoisotopic (exact) mass is 381 g/mol. The van der Waals surface area contributed by atoms with Gasteiger partial charge in [0.15, 0.2) is 0 Å². The number of likely N-dealkylation sites (tertiary alicyclic amines) is 2. The first-order chi connectivity index (χ1) is 13.6. The van der Waals surface area contributed by atoms with Gasteiger partial charge in [-0.15, -0.1) is 0 Å². The highest BCUT2D eigenvalue weighted by atomic mass is 19.1. The Morgan fingerprint density at radius 2 is 1.79 bits per heavy atom. The molecule has 0 saturated carbocycles. The Morgan fingerprint density at radius 3 is 2.54 bits per heavy atom. The molecule has 2 aliphatic rings. The number of amides is 1. The zero-order chi connectivity index (χ0) is 19.5. The molecule has 1 unspecified atom stereocenters. The summed E-state index contributed by atoms with van der Waals surface area (Å²) in [6.45, 7) is 2.87. The van der Waals surface area contributed by atoms with Crippen molar-refractivity contribution >= 4 is 5.91 Å². The largest absolute Gasteiger partial charge is 0.339 e. The number of hydrogen-bond donors (Lipinski definition) is 1. The van der Waals surface area contributed by atoms with Gasteiger partial charge in [0, 0.05) is 31.6 Å². The molecule has 2 saturated heterocycles. The molecular formula is C23H28FN3O. The number of nitrogens with two attached hydrogens (primary N) is 1. The third-order valence-electron chi connectivity index (χ3n) is 6.10. The number of rotatable bonds is 4. The van der Waals surface area contributed by atoms with Crippen molar-refractivity contribution in [2.45, 2.75) is 43.8 Å². The van der Waals surface area contributed by atoms with Gasteiger partial charge < -0.3 is 10.6 Å². The van der Waals surface area contributed by atoms with Gasteiger partial charge in [0.1, 0.15) is 5.82 Å². The van der Waals surface area contributed by atoms with Gasteiger partial charge in [-0.3, -0.25) is 9.69 Å². The van der Waals surface area contributed by atoms with E-state index in [9.17, 15) is 9.18 Å². The first-order valence-electron chi connectivity index (χ1n) is 10.2. The Kier molecular flexibility index (Phi) is 5.74. The maximum Gasteiger partial charge on any atom is 0.240 e. The lowest BCUT2D eigenvalue weighted by atomic mass is 9.95. The summed E-state index contributed by atoms with van der Waals surface area (Å²) in [6.07, 6.45) is 3.04. The molecular weight excluding hydrogens is 353 g/mol. The van der Waals surface area contributed by atoms with E-state index in [4.69, 9.17) is 5.73 Å². The smallest absolute Gasteiger partial charge is 0.240 e. The van der Waals surface area contributed by atoms with Crippen LogP contribution in [0.5, 0.6) is 0 Å². The summed E-state index contributed by atoms with van der Waals surface area (Å²) in [5, 5.41) is 0. The third-order valence-corrected chi connectivity index (χ3v) is 6.10. The van der Waals surface area contributed by atoms with Crippen molar-refractivity contribution in [1.29, 1.82) is 0 Å². The predicted octanol–water partition coefficient (Wildman–Crippen LogP) is 3.13. The van der Waals surface area contributed by atoms with Crippen molar-refractivity contribution in [2.24, 2.45) is 5.73 Å². The molecule has 28 heavy (non-hydrogen) atoms. The van der Waals surface area contributed by atoms with Gasteiger partial charge in [-0.2, -0.15) is 0 Å². The van der Waals surface area contributed by atoms with E-state index in [1.165, 1.54) is 17.7 Å². The Balaban J connectivity index is 1.45. The van der Waals surface area contributed by atoms with Gasteiger partial charge in [0.2, 0.25) is 5.91 Å². The fraction of sp³-hybridized carbons (Fsp3) is 0.435. The molecule has 5 heteroatoms. The number of carbonyl (C=O) groups is 1. The lowest BCUT2D eigenvalue weighted by Gasteiger charge is -2.37. The Hall–Kier alpha value is -2.24. The zero-order valence-corrected chi connectivity index (χ0v) is 16.1. The van der Waals surface area contributed by atoms with Gasteiger partial charge in [-0.05, 0) is 42.6 Å². The first kappa shape index (κ1) is 19.1. The SMILES string of the molecule is N[C@@H]1CN(C(=O)C2CCCCN2Cc2ccc(F)cc2)C[C@H]1c1ccccc1. The maximum atomic E-state index is 13.3. The van der Waals surface area contributed by atoms with Crippen LogP contribution >= 0.6 is 0 Å². The van der Waals surface area contributed by atoms with Crippen LogP contribution in [-0.4, -0.2) is 47.4 Å². The summed E-state index contributed by atoms with van der Waals surface area (Å²) in [5.74, 6) is 0.156. The Bertz CT molecular complexity index is 795. The summed E-state index contributed by atoms with van der Waals surface area (Å²) >= 11 is 0. The van der Waals surface area contributed by atoms with E-state index in [2.05, 4.69) is 17.0 Å². The quantitative estimate of drug-likeness (QED) is 0.885. The summed E-state index contributed by atoms with van der Waals surface area (Å²) in [7, 11) is 0. The molecule has 2 aromatic carbocycles. The molecule has 148 valence electrons. The molecule has 0 aromatic heterocycles. The zero-order valence-electron chi connectivity index (χ0n) is 16.1. The summed E-state index contributed by atoms with van der Waals surface area (Å²) in [5.41, 5.74) is 8.65. The van der Waals surface area contributed by atoms with Gasteiger partial charge in [-0.1, -0.05) is 48.9 Å². The van der Waals surface area contributed by atoms with Crippen LogP contribution in [0.3, 0.4) is 0 Å². The van der Waals surface area contributed by atoms with Crippen molar-refractivity contribution in [1.82, 2.24) is 9.80 Å². The number of piperidine rings is 1. The van der Waals surface area contributed by atoms with Crippen LogP contribution in [0.1, 0.15) is 36.3 Å². The number of hydrogen-bond acceptors (Lipinski definition) is 3. The number of benzene rings is 2. The average Bonchev–Trinajstić information content (AvgIpc) is 3.12. The fourth-order valence-corrected chi connectivity index (χ4v) is 4.56. The summed E-state index contributed by atoms with van der Waals surface area (Å²) < 4.78 is 13.2. The molecule has 3 atom stereocenters. The van der Waals surface area contributed by atoms with Crippen LogP contribution in [-0.2, 0) is 11.3 Å². The minimum absolute atomic E-state index is 0.0273. The number of halogens is 1. The molecule has 4 nitrogen and oxygen atoms in total. The predicted molar refractivity (Wildman–Crippen MR) is 108 cm³/mol. The second kappa shape index (κ2) is 8.41. The van der Waals surface area contributed by atoms with E-state index >= 15 is 0 Å². The van der Waals surface area contributed by atoms with Gasteiger partial charge in [0.25, 0.3) is 0 Å². The molecule has 2 heterocycles. The van der Waals surface area contributed by atoms with Crippen LogP contribution in [0.4, 0.5) is 4.39 Å². The molecule has 0 aliphatic carbocycles. The normalized spacial score (nSPS) is 25.8. The maximum absolute atomic E-state index is 13.3. The standard InChI is InChI=1S/C23H28FN3O/c24-19-11-9-17(10-12-19)14-26-13-5-4-8-22(26)23(28)27-15-20(21(25)16-27)18-6-2-1-3-7-18/h1-3,6-7,9-12,20-22H,4-5,8,13-16,25H2/t20-,21+,22?/m0/s1. The van der Waals surface area contributed by atoms with Crippen molar-refractivity contribution in [3.8, 4) is 0 Å². The average molecular weight is 381 g/mol. The topological polar surface area (TPSA) is 49.6 Å². The van der Waals surface area contributed by atoms with Gasteiger partial charge in [0.05, 0.1) is 6.04 Å². The van der Waals surface area contributed by atoms with E-state index in [1.807, 2.05) is 35.2 Å². The molecule has 2 aliphatic heterocycles. The molecule has 0 bridgehead atoms. The minimum atomic E-state index is -0.229. The van der Waals surface area contributed by atoms with Gasteiger partial charge >= 0.3 is 0 Å². The van der Waals surface area contributed by atoms with Gasteiger partial charge in [-0.25, -0.2) is 4.39 Å². The summed E-state index contributed by atoms with van der Waals surface area (Å²) in [6, 6.07) is 16.7. The van der Waals surface area contributed by atoms with Crippen LogP contribution < -0.4 is 5.73 Å². The van der Waals surface area contributed by atoms with Crippen molar-refractivity contribution < 1.29 is 9.18 Å². The Morgan fingerprint density at radius 1 is 1.04 bits per heavy atom. The van der Waals surface area contributed by atoms with E-state index in [0.717, 1.165) is 31.4 Å². The lowest BCUT2D eigenvalue weighted by Crippen LogP contribution is -2.50.